The predicted molar refractivity (Wildman–Crippen MR) is 148 cm³/mol. The third-order valence-corrected chi connectivity index (χ3v) is 6.53. The summed E-state index contributed by atoms with van der Waals surface area (Å²) in [5.41, 5.74) is 4.11. The Balaban J connectivity index is 1.45. The minimum Gasteiger partial charge on any atom is -0.462 e. The number of esters is 2. The van der Waals surface area contributed by atoms with Crippen molar-refractivity contribution in [3.63, 3.8) is 0 Å². The molecule has 3 aromatic rings. The number of nitrogens with one attached hydrogen (secondary N) is 1. The molecule has 0 saturated heterocycles. The van der Waals surface area contributed by atoms with E-state index in [1.54, 1.807) is 24.3 Å². The molecule has 0 spiro atoms. The lowest BCUT2D eigenvalue weighted by atomic mass is 10.1. The van der Waals surface area contributed by atoms with Crippen LogP contribution >= 0.6 is 11.6 Å². The summed E-state index contributed by atoms with van der Waals surface area (Å²) in [5.74, 6) is -1.86. The van der Waals surface area contributed by atoms with E-state index in [9.17, 15) is 19.2 Å². The van der Waals surface area contributed by atoms with Gasteiger partial charge in [0.15, 0.2) is 0 Å². The normalized spacial score (nSPS) is 13.1. The lowest BCUT2D eigenvalue weighted by Crippen LogP contribution is -2.32. The van der Waals surface area contributed by atoms with Crippen molar-refractivity contribution in [2.75, 3.05) is 16.8 Å². The van der Waals surface area contributed by atoms with Crippen molar-refractivity contribution in [1.29, 1.82) is 0 Å². The summed E-state index contributed by atoms with van der Waals surface area (Å²) < 4.78 is 10.7. The number of hydrogen-bond acceptors (Lipinski definition) is 7. The van der Waals surface area contributed by atoms with Crippen LogP contribution in [-0.2, 0) is 14.3 Å². The summed E-state index contributed by atoms with van der Waals surface area (Å²) in [5, 5.41) is 2.60. The zero-order valence-electron chi connectivity index (χ0n) is 22.0. The number of hydrogen-bond donors (Lipinski definition) is 1. The molecular formula is C30H27ClN2O6. The van der Waals surface area contributed by atoms with Crippen LogP contribution in [0, 0.1) is 20.8 Å². The molecule has 0 saturated carbocycles. The van der Waals surface area contributed by atoms with Gasteiger partial charge in [-0.1, -0.05) is 24.6 Å². The highest BCUT2D eigenvalue weighted by Crippen LogP contribution is 2.31. The van der Waals surface area contributed by atoms with Gasteiger partial charge in [0, 0.05) is 5.69 Å². The average molecular weight is 547 g/mol. The maximum absolute atomic E-state index is 13.1. The van der Waals surface area contributed by atoms with Crippen LogP contribution in [0.25, 0.3) is 0 Å². The van der Waals surface area contributed by atoms with Crippen LogP contribution in [0.1, 0.15) is 50.8 Å². The van der Waals surface area contributed by atoms with Gasteiger partial charge in [-0.15, -0.1) is 0 Å². The minimum atomic E-state index is -0.700. The van der Waals surface area contributed by atoms with E-state index in [0.717, 1.165) is 21.6 Å². The maximum Gasteiger partial charge on any atom is 0.343 e. The van der Waals surface area contributed by atoms with Gasteiger partial charge in [0.25, 0.3) is 11.8 Å². The summed E-state index contributed by atoms with van der Waals surface area (Å²) in [4.78, 5) is 51.5. The van der Waals surface area contributed by atoms with Crippen LogP contribution in [0.4, 0.5) is 11.4 Å². The van der Waals surface area contributed by atoms with Gasteiger partial charge >= 0.3 is 11.9 Å². The molecule has 0 aromatic heterocycles. The smallest absolute Gasteiger partial charge is 0.343 e. The number of rotatable bonds is 8. The van der Waals surface area contributed by atoms with Crippen LogP contribution in [0.15, 0.2) is 71.4 Å². The Labute approximate surface area is 231 Å². The van der Waals surface area contributed by atoms with E-state index < -0.39 is 23.8 Å². The van der Waals surface area contributed by atoms with Gasteiger partial charge in [-0.3, -0.25) is 9.59 Å². The Morgan fingerprint density at radius 3 is 2.13 bits per heavy atom. The van der Waals surface area contributed by atoms with Crippen molar-refractivity contribution in [2.24, 2.45) is 0 Å². The molecule has 39 heavy (non-hydrogen) atoms. The molecule has 1 aliphatic heterocycles. The lowest BCUT2D eigenvalue weighted by Gasteiger charge is -2.15. The molecule has 0 radical (unpaired) electrons. The largest absolute Gasteiger partial charge is 0.462 e. The van der Waals surface area contributed by atoms with E-state index in [1.165, 1.54) is 24.3 Å². The molecule has 3 aromatic carbocycles. The number of carbonyl (C=O) groups excluding carboxylic acids is 4. The second kappa shape index (κ2) is 11.5. The number of benzene rings is 3. The lowest BCUT2D eigenvalue weighted by molar-refractivity contribution is -0.120. The van der Waals surface area contributed by atoms with Gasteiger partial charge < -0.3 is 14.8 Å². The van der Waals surface area contributed by atoms with Gasteiger partial charge in [-0.2, -0.15) is 0 Å². The van der Waals surface area contributed by atoms with E-state index in [2.05, 4.69) is 5.32 Å². The van der Waals surface area contributed by atoms with Crippen molar-refractivity contribution in [1.82, 2.24) is 0 Å². The topological polar surface area (TPSA) is 102 Å². The maximum atomic E-state index is 13.1. The number of anilines is 2. The molecule has 8 nitrogen and oxygen atoms in total. The number of aryl methyl sites for hydroxylation is 2. The summed E-state index contributed by atoms with van der Waals surface area (Å²) in [6.07, 6.45) is 0.695. The number of ether oxygens (including phenoxy) is 2. The molecule has 0 unspecified atom stereocenters. The standard InChI is InChI=1S/C30H27ClN2O6/c1-5-14-38-29(36)20-8-12-23(13-9-20)33-27(34)25(31)26(28(33)35)32-22-10-6-21(7-11-22)30(37)39-24-16-17(2)15-18(3)19(24)4/h6-13,15-16,32H,5,14H2,1-4H3. The SMILES string of the molecule is CCCOC(=O)c1ccc(N2C(=O)C(Cl)=C(Nc3ccc(C(=O)Oc4cc(C)cc(C)c4C)cc3)C2=O)cc1. The van der Waals surface area contributed by atoms with E-state index in [1.807, 2.05) is 39.8 Å². The molecule has 2 amide bonds. The predicted octanol–water partition coefficient (Wildman–Crippen LogP) is 5.83. The number of carbonyl (C=O) groups is 4. The van der Waals surface area contributed by atoms with Crippen molar-refractivity contribution < 1.29 is 28.7 Å². The second-order valence-electron chi connectivity index (χ2n) is 9.11. The Kier molecular flexibility index (Phi) is 8.16. The van der Waals surface area contributed by atoms with Gasteiger partial charge in [0.05, 0.1) is 23.4 Å². The Bertz CT molecular complexity index is 1490. The van der Waals surface area contributed by atoms with Gasteiger partial charge in [-0.05, 0) is 98.5 Å². The fourth-order valence-electron chi connectivity index (χ4n) is 3.97. The van der Waals surface area contributed by atoms with Crippen LogP contribution < -0.4 is 15.0 Å². The molecule has 1 aliphatic rings. The highest BCUT2D eigenvalue weighted by molar-refractivity contribution is 6.53. The quantitative estimate of drug-likeness (QED) is 0.215. The number of amides is 2. The first-order chi connectivity index (χ1) is 18.6. The van der Waals surface area contributed by atoms with E-state index in [0.29, 0.717) is 35.6 Å². The first-order valence-corrected chi connectivity index (χ1v) is 12.7. The molecule has 1 heterocycles. The highest BCUT2D eigenvalue weighted by Gasteiger charge is 2.39. The Morgan fingerprint density at radius 2 is 1.49 bits per heavy atom. The zero-order valence-corrected chi connectivity index (χ0v) is 22.7. The van der Waals surface area contributed by atoms with Gasteiger partial charge in [-0.25, -0.2) is 14.5 Å². The van der Waals surface area contributed by atoms with Crippen molar-refractivity contribution in [3.05, 3.63) is 99.2 Å². The Morgan fingerprint density at radius 1 is 0.872 bits per heavy atom. The van der Waals surface area contributed by atoms with E-state index in [4.69, 9.17) is 21.1 Å². The summed E-state index contributed by atoms with van der Waals surface area (Å²) in [6.45, 7) is 7.96. The van der Waals surface area contributed by atoms with Crippen LogP contribution in [0.2, 0.25) is 0 Å². The molecule has 0 atom stereocenters. The van der Waals surface area contributed by atoms with E-state index >= 15 is 0 Å². The van der Waals surface area contributed by atoms with Gasteiger partial charge in [0.2, 0.25) is 0 Å². The van der Waals surface area contributed by atoms with Gasteiger partial charge in [0.1, 0.15) is 16.5 Å². The zero-order chi connectivity index (χ0) is 28.3. The Hall–Kier alpha value is -4.43. The first-order valence-electron chi connectivity index (χ1n) is 12.3. The van der Waals surface area contributed by atoms with Crippen LogP contribution in [0.3, 0.4) is 0 Å². The molecule has 200 valence electrons. The van der Waals surface area contributed by atoms with Crippen LogP contribution in [-0.4, -0.2) is 30.4 Å². The molecular weight excluding hydrogens is 520 g/mol. The van der Waals surface area contributed by atoms with E-state index in [-0.39, 0.29) is 16.4 Å². The van der Waals surface area contributed by atoms with Crippen LogP contribution in [0.5, 0.6) is 5.75 Å². The average Bonchev–Trinajstić information content (AvgIpc) is 3.13. The molecule has 4 rings (SSSR count). The highest BCUT2D eigenvalue weighted by atomic mass is 35.5. The third-order valence-electron chi connectivity index (χ3n) is 6.18. The summed E-state index contributed by atoms with van der Waals surface area (Å²) >= 11 is 6.23. The molecule has 1 N–H and O–H groups in total. The number of imide groups is 1. The third kappa shape index (κ3) is 5.86. The molecule has 9 heteroatoms. The first kappa shape index (κ1) is 27.6. The summed E-state index contributed by atoms with van der Waals surface area (Å²) in [6, 6.07) is 16.0. The molecule has 0 bridgehead atoms. The molecule has 0 fully saturated rings. The molecule has 0 aliphatic carbocycles. The second-order valence-corrected chi connectivity index (χ2v) is 9.49. The fourth-order valence-corrected chi connectivity index (χ4v) is 4.18. The minimum absolute atomic E-state index is 0.103. The number of halogens is 1. The van der Waals surface area contributed by atoms with Crippen molar-refractivity contribution >= 4 is 46.7 Å². The monoisotopic (exact) mass is 546 g/mol. The fraction of sp³-hybridized carbons (Fsp3) is 0.200. The summed E-state index contributed by atoms with van der Waals surface area (Å²) in [7, 11) is 0. The van der Waals surface area contributed by atoms with Crippen molar-refractivity contribution in [2.45, 2.75) is 34.1 Å². The van der Waals surface area contributed by atoms with Crippen molar-refractivity contribution in [3.8, 4) is 5.75 Å². The number of nitrogens with zero attached hydrogens (tertiary/aromatic N) is 1.